The van der Waals surface area contributed by atoms with Gasteiger partial charge in [-0.3, -0.25) is 4.79 Å². The van der Waals surface area contributed by atoms with Gasteiger partial charge in [0, 0.05) is 5.41 Å². The highest BCUT2D eigenvalue weighted by atomic mass is 16.5. The lowest BCUT2D eigenvalue weighted by molar-refractivity contribution is -0.144. The molecule has 1 saturated carbocycles. The molecule has 1 aliphatic carbocycles. The normalized spacial score (nSPS) is 28.5. The van der Waals surface area contributed by atoms with Crippen LogP contribution in [0.1, 0.15) is 33.1 Å². The number of carbonyl (C=O) groups excluding carboxylic acids is 1. The molecular formula is C10H17NO2. The first-order valence-corrected chi connectivity index (χ1v) is 4.95. The van der Waals surface area contributed by atoms with Crippen molar-refractivity contribution >= 4 is 5.91 Å². The van der Waals surface area contributed by atoms with Crippen LogP contribution in [0.2, 0.25) is 0 Å². The second kappa shape index (κ2) is 2.71. The van der Waals surface area contributed by atoms with Crippen molar-refractivity contribution in [2.75, 3.05) is 13.2 Å². The fourth-order valence-electron chi connectivity index (χ4n) is 1.84. The van der Waals surface area contributed by atoms with E-state index >= 15 is 0 Å². The molecule has 1 amide bonds. The zero-order valence-electron chi connectivity index (χ0n) is 8.35. The maximum Gasteiger partial charge on any atom is 0.226 e. The number of amides is 1. The molecule has 3 nitrogen and oxygen atoms in total. The van der Waals surface area contributed by atoms with Gasteiger partial charge in [0.15, 0.2) is 0 Å². The Labute approximate surface area is 78.8 Å². The Morgan fingerprint density at radius 3 is 2.23 bits per heavy atom. The molecular weight excluding hydrogens is 166 g/mol. The number of nitrogens with one attached hydrogen (secondary N) is 1. The van der Waals surface area contributed by atoms with Crippen molar-refractivity contribution < 1.29 is 9.53 Å². The molecule has 0 aromatic heterocycles. The predicted molar refractivity (Wildman–Crippen MR) is 49.3 cm³/mol. The van der Waals surface area contributed by atoms with Crippen molar-refractivity contribution in [2.24, 2.45) is 5.41 Å². The van der Waals surface area contributed by atoms with Gasteiger partial charge >= 0.3 is 0 Å². The van der Waals surface area contributed by atoms with Gasteiger partial charge < -0.3 is 10.1 Å². The Kier molecular flexibility index (Phi) is 1.88. The van der Waals surface area contributed by atoms with Crippen LogP contribution in [0.5, 0.6) is 0 Å². The third kappa shape index (κ3) is 1.46. The zero-order chi connectivity index (χ0) is 9.53. The van der Waals surface area contributed by atoms with Gasteiger partial charge in [0.1, 0.15) is 0 Å². The predicted octanol–water partition coefficient (Wildman–Crippen LogP) is 1.08. The van der Waals surface area contributed by atoms with E-state index < -0.39 is 0 Å². The quantitative estimate of drug-likeness (QED) is 0.695. The summed E-state index contributed by atoms with van der Waals surface area (Å²) >= 11 is 0. The average molecular weight is 183 g/mol. The summed E-state index contributed by atoms with van der Waals surface area (Å²) in [5.41, 5.74) is -0.172. The van der Waals surface area contributed by atoms with Gasteiger partial charge in [0.25, 0.3) is 0 Å². The second-order valence-corrected chi connectivity index (χ2v) is 4.92. The number of ether oxygens (including phenoxy) is 1. The van der Waals surface area contributed by atoms with Crippen LogP contribution in [0.25, 0.3) is 0 Å². The van der Waals surface area contributed by atoms with Crippen LogP contribution in [0, 0.1) is 5.41 Å². The lowest BCUT2D eigenvalue weighted by Gasteiger charge is -2.44. The number of hydrogen-bond acceptors (Lipinski definition) is 2. The monoisotopic (exact) mass is 183 g/mol. The maximum absolute atomic E-state index is 11.8. The van der Waals surface area contributed by atoms with Gasteiger partial charge in [-0.2, -0.15) is 0 Å². The van der Waals surface area contributed by atoms with E-state index in [1.165, 1.54) is 6.42 Å². The highest BCUT2D eigenvalue weighted by Crippen LogP contribution is 2.40. The van der Waals surface area contributed by atoms with E-state index in [0.29, 0.717) is 13.2 Å². The molecule has 2 rings (SSSR count). The Morgan fingerprint density at radius 2 is 1.92 bits per heavy atom. The van der Waals surface area contributed by atoms with Crippen LogP contribution in [-0.4, -0.2) is 24.7 Å². The molecule has 0 aromatic rings. The Balaban J connectivity index is 1.90. The van der Waals surface area contributed by atoms with Crippen molar-refractivity contribution in [3.8, 4) is 0 Å². The third-order valence-electron chi connectivity index (χ3n) is 3.26. The zero-order valence-corrected chi connectivity index (χ0v) is 8.35. The molecule has 74 valence electrons. The molecule has 0 aromatic carbocycles. The highest BCUT2D eigenvalue weighted by molar-refractivity contribution is 5.83. The van der Waals surface area contributed by atoms with Crippen LogP contribution < -0.4 is 5.32 Å². The van der Waals surface area contributed by atoms with Crippen LogP contribution in [-0.2, 0) is 9.53 Å². The van der Waals surface area contributed by atoms with E-state index in [9.17, 15) is 4.79 Å². The number of carbonyl (C=O) groups is 1. The fraction of sp³-hybridized carbons (Fsp3) is 0.900. The van der Waals surface area contributed by atoms with Crippen molar-refractivity contribution in [3.05, 3.63) is 0 Å². The lowest BCUT2D eigenvalue weighted by Crippen LogP contribution is -2.63. The molecule has 0 unspecified atom stereocenters. The molecule has 1 N–H and O–H groups in total. The molecule has 0 radical (unpaired) electrons. The van der Waals surface area contributed by atoms with Crippen LogP contribution >= 0.6 is 0 Å². The first kappa shape index (κ1) is 9.00. The van der Waals surface area contributed by atoms with Crippen LogP contribution in [0.3, 0.4) is 0 Å². The minimum atomic E-state index is -0.0876. The summed E-state index contributed by atoms with van der Waals surface area (Å²) < 4.78 is 5.09. The Morgan fingerprint density at radius 1 is 1.31 bits per heavy atom. The minimum Gasteiger partial charge on any atom is -0.376 e. The topological polar surface area (TPSA) is 38.3 Å². The lowest BCUT2D eigenvalue weighted by atomic mass is 9.69. The minimum absolute atomic E-state index is 0.0847. The van der Waals surface area contributed by atoms with E-state index in [1.807, 2.05) is 6.92 Å². The standard InChI is InChI=1S/C10H17NO2/c1-9(4-3-5-9)8(12)11-10(2)6-13-7-10/h3-7H2,1-2H3,(H,11,12). The summed E-state index contributed by atoms with van der Waals surface area (Å²) in [6.07, 6.45) is 3.27. The van der Waals surface area contributed by atoms with E-state index in [4.69, 9.17) is 4.74 Å². The van der Waals surface area contributed by atoms with Crippen LogP contribution in [0.4, 0.5) is 0 Å². The molecule has 1 heterocycles. The number of rotatable bonds is 2. The van der Waals surface area contributed by atoms with Gasteiger partial charge in [-0.25, -0.2) is 0 Å². The van der Waals surface area contributed by atoms with Gasteiger partial charge in [0.05, 0.1) is 18.8 Å². The van der Waals surface area contributed by atoms with E-state index in [0.717, 1.165) is 12.8 Å². The largest absolute Gasteiger partial charge is 0.376 e. The van der Waals surface area contributed by atoms with Crippen molar-refractivity contribution in [1.29, 1.82) is 0 Å². The second-order valence-electron chi connectivity index (χ2n) is 4.92. The summed E-state index contributed by atoms with van der Waals surface area (Å²) in [5, 5.41) is 3.07. The van der Waals surface area contributed by atoms with Crippen LogP contribution in [0.15, 0.2) is 0 Å². The Hall–Kier alpha value is -0.570. The van der Waals surface area contributed by atoms with Gasteiger partial charge in [-0.15, -0.1) is 0 Å². The average Bonchev–Trinajstić information content (AvgIpc) is 1.97. The highest BCUT2D eigenvalue weighted by Gasteiger charge is 2.44. The molecule has 0 bridgehead atoms. The molecule has 2 fully saturated rings. The molecule has 2 aliphatic rings. The summed E-state index contributed by atoms with van der Waals surface area (Å²) in [6.45, 7) is 5.41. The first-order valence-electron chi connectivity index (χ1n) is 4.95. The fourth-order valence-corrected chi connectivity index (χ4v) is 1.84. The number of hydrogen-bond donors (Lipinski definition) is 1. The Bertz CT molecular complexity index is 229. The van der Waals surface area contributed by atoms with E-state index in [2.05, 4.69) is 12.2 Å². The SMILES string of the molecule is CC1(NC(=O)C2(C)CCC2)COC1. The molecule has 0 spiro atoms. The van der Waals surface area contributed by atoms with E-state index in [-0.39, 0.29) is 16.9 Å². The maximum atomic E-state index is 11.8. The van der Waals surface area contributed by atoms with Gasteiger partial charge in [0.2, 0.25) is 5.91 Å². The molecule has 0 atom stereocenters. The molecule has 1 saturated heterocycles. The molecule has 13 heavy (non-hydrogen) atoms. The van der Waals surface area contributed by atoms with Crippen molar-refractivity contribution in [2.45, 2.75) is 38.6 Å². The summed E-state index contributed by atoms with van der Waals surface area (Å²) in [7, 11) is 0. The summed E-state index contributed by atoms with van der Waals surface area (Å²) in [4.78, 5) is 11.8. The van der Waals surface area contributed by atoms with Crippen molar-refractivity contribution in [3.63, 3.8) is 0 Å². The van der Waals surface area contributed by atoms with Gasteiger partial charge in [-0.1, -0.05) is 13.3 Å². The van der Waals surface area contributed by atoms with Gasteiger partial charge in [-0.05, 0) is 19.8 Å². The summed E-state index contributed by atoms with van der Waals surface area (Å²) in [6, 6.07) is 0. The smallest absolute Gasteiger partial charge is 0.226 e. The molecule has 3 heteroatoms. The van der Waals surface area contributed by atoms with E-state index in [1.54, 1.807) is 0 Å². The first-order chi connectivity index (χ1) is 6.04. The molecule has 1 aliphatic heterocycles. The summed E-state index contributed by atoms with van der Waals surface area (Å²) in [5.74, 6) is 0.213. The van der Waals surface area contributed by atoms with Crippen molar-refractivity contribution in [1.82, 2.24) is 5.32 Å². The third-order valence-corrected chi connectivity index (χ3v) is 3.26.